The summed E-state index contributed by atoms with van der Waals surface area (Å²) in [6.45, 7) is -1.18. The smallest absolute Gasteiger partial charge is 0.274 e. The second kappa shape index (κ2) is 5.55. The average Bonchev–Trinajstić information content (AvgIpc) is 2.62. The molecular formula is C9H13F2N3O2. The normalized spacial score (nSPS) is 10.8. The van der Waals surface area contributed by atoms with Gasteiger partial charge >= 0.3 is 0 Å². The van der Waals surface area contributed by atoms with Crippen molar-refractivity contribution in [3.63, 3.8) is 0 Å². The number of nitrogens with zero attached hydrogens (tertiary/aromatic N) is 3. The minimum Gasteiger partial charge on any atom is -0.395 e. The quantitative estimate of drug-likeness (QED) is 0.785. The third-order valence-electron chi connectivity index (χ3n) is 1.95. The summed E-state index contributed by atoms with van der Waals surface area (Å²) in [5.74, 6) is -0.602. The maximum atomic E-state index is 12.2. The molecule has 5 nitrogen and oxygen atoms in total. The van der Waals surface area contributed by atoms with Gasteiger partial charge in [-0.15, -0.1) is 0 Å². The minimum atomic E-state index is -2.63. The number of alkyl halides is 2. The van der Waals surface area contributed by atoms with Gasteiger partial charge in [-0.05, 0) is 6.07 Å². The third-order valence-corrected chi connectivity index (χ3v) is 1.95. The Morgan fingerprint density at radius 1 is 1.69 bits per heavy atom. The molecule has 1 aromatic rings. The van der Waals surface area contributed by atoms with E-state index < -0.39 is 18.9 Å². The first kappa shape index (κ1) is 12.6. The van der Waals surface area contributed by atoms with E-state index in [4.69, 9.17) is 5.11 Å². The summed E-state index contributed by atoms with van der Waals surface area (Å²) in [5, 5.41) is 12.5. The molecule has 7 heteroatoms. The molecule has 90 valence electrons. The van der Waals surface area contributed by atoms with Crippen molar-refractivity contribution in [3.05, 3.63) is 18.0 Å². The number of aromatic nitrogens is 2. The molecule has 0 aromatic carbocycles. The van der Waals surface area contributed by atoms with Crippen molar-refractivity contribution in [1.29, 1.82) is 0 Å². The van der Waals surface area contributed by atoms with Gasteiger partial charge in [0.1, 0.15) is 5.69 Å². The van der Waals surface area contributed by atoms with Gasteiger partial charge in [0.25, 0.3) is 12.3 Å². The SMILES string of the molecule is Cn1ccc(C(=O)N(CCO)CC(F)F)n1. The van der Waals surface area contributed by atoms with Crippen LogP contribution in [0.25, 0.3) is 0 Å². The number of aryl methyl sites for hydroxylation is 1. The van der Waals surface area contributed by atoms with E-state index in [2.05, 4.69) is 5.10 Å². The van der Waals surface area contributed by atoms with Crippen LogP contribution in [0.5, 0.6) is 0 Å². The van der Waals surface area contributed by atoms with E-state index in [0.717, 1.165) is 4.90 Å². The molecule has 0 saturated carbocycles. The third kappa shape index (κ3) is 3.27. The first-order chi connectivity index (χ1) is 7.54. The van der Waals surface area contributed by atoms with Gasteiger partial charge in [0.05, 0.1) is 13.2 Å². The van der Waals surface area contributed by atoms with Crippen molar-refractivity contribution >= 4 is 5.91 Å². The van der Waals surface area contributed by atoms with Crippen LogP contribution >= 0.6 is 0 Å². The van der Waals surface area contributed by atoms with Gasteiger partial charge in [-0.2, -0.15) is 5.10 Å². The van der Waals surface area contributed by atoms with Crippen molar-refractivity contribution in [1.82, 2.24) is 14.7 Å². The Balaban J connectivity index is 2.74. The summed E-state index contributed by atoms with van der Waals surface area (Å²) in [4.78, 5) is 12.6. The van der Waals surface area contributed by atoms with Gasteiger partial charge in [0, 0.05) is 19.8 Å². The van der Waals surface area contributed by atoms with Crippen LogP contribution in [0.1, 0.15) is 10.5 Å². The van der Waals surface area contributed by atoms with E-state index in [0.29, 0.717) is 0 Å². The van der Waals surface area contributed by atoms with Crippen LogP contribution in [0.3, 0.4) is 0 Å². The van der Waals surface area contributed by atoms with Crippen LogP contribution in [-0.2, 0) is 7.05 Å². The predicted octanol–water partition coefficient (Wildman–Crippen LogP) is 0.120. The van der Waals surface area contributed by atoms with Crippen LogP contribution in [-0.4, -0.2) is 51.8 Å². The number of rotatable bonds is 5. The first-order valence-corrected chi connectivity index (χ1v) is 4.72. The van der Waals surface area contributed by atoms with Crippen LogP contribution in [0.15, 0.2) is 12.3 Å². The molecule has 1 heterocycles. The highest BCUT2D eigenvalue weighted by Crippen LogP contribution is 2.05. The Kier molecular flexibility index (Phi) is 4.36. The lowest BCUT2D eigenvalue weighted by Gasteiger charge is -2.19. The van der Waals surface area contributed by atoms with E-state index in [1.807, 2.05) is 0 Å². The molecule has 0 aliphatic heterocycles. The van der Waals surface area contributed by atoms with Gasteiger partial charge in [-0.25, -0.2) is 8.78 Å². The Labute approximate surface area is 91.3 Å². The molecule has 1 amide bonds. The van der Waals surface area contributed by atoms with Crippen LogP contribution < -0.4 is 0 Å². The highest BCUT2D eigenvalue weighted by molar-refractivity contribution is 5.92. The molecule has 0 bridgehead atoms. The Morgan fingerprint density at radius 3 is 2.81 bits per heavy atom. The van der Waals surface area contributed by atoms with Crippen molar-refractivity contribution in [2.45, 2.75) is 6.43 Å². The maximum absolute atomic E-state index is 12.2. The lowest BCUT2D eigenvalue weighted by atomic mass is 10.3. The van der Waals surface area contributed by atoms with Crippen LogP contribution in [0.2, 0.25) is 0 Å². The fourth-order valence-corrected chi connectivity index (χ4v) is 1.25. The van der Waals surface area contributed by atoms with Crippen molar-refractivity contribution in [2.24, 2.45) is 7.05 Å². The molecule has 16 heavy (non-hydrogen) atoms. The molecular weight excluding hydrogens is 220 g/mol. The molecule has 0 spiro atoms. The maximum Gasteiger partial charge on any atom is 0.274 e. The standard InChI is InChI=1S/C9H13F2N3O2/c1-13-3-2-7(12-13)9(16)14(4-5-15)6-8(10)11/h2-3,8,15H,4-6H2,1H3. The van der Waals surface area contributed by atoms with Gasteiger partial charge in [-0.3, -0.25) is 9.48 Å². The summed E-state index contributed by atoms with van der Waals surface area (Å²) in [5.41, 5.74) is 0.0941. The zero-order valence-corrected chi connectivity index (χ0v) is 8.81. The topological polar surface area (TPSA) is 58.4 Å². The highest BCUT2D eigenvalue weighted by atomic mass is 19.3. The fourth-order valence-electron chi connectivity index (χ4n) is 1.25. The Bertz CT molecular complexity index is 354. The van der Waals surface area contributed by atoms with Crippen molar-refractivity contribution < 1.29 is 18.7 Å². The molecule has 0 saturated heterocycles. The van der Waals surface area contributed by atoms with E-state index >= 15 is 0 Å². The summed E-state index contributed by atoms with van der Waals surface area (Å²) < 4.78 is 25.8. The van der Waals surface area contributed by atoms with Gasteiger partial charge < -0.3 is 10.0 Å². The Hall–Kier alpha value is -1.50. The van der Waals surface area contributed by atoms with E-state index in [-0.39, 0.29) is 18.8 Å². The van der Waals surface area contributed by atoms with Gasteiger partial charge in [-0.1, -0.05) is 0 Å². The van der Waals surface area contributed by atoms with Gasteiger partial charge in [0.2, 0.25) is 0 Å². The molecule has 1 N–H and O–H groups in total. The second-order valence-electron chi connectivity index (χ2n) is 3.24. The summed E-state index contributed by atoms with van der Waals surface area (Å²) >= 11 is 0. The second-order valence-corrected chi connectivity index (χ2v) is 3.24. The van der Waals surface area contributed by atoms with Crippen molar-refractivity contribution in [2.75, 3.05) is 19.7 Å². The fraction of sp³-hybridized carbons (Fsp3) is 0.556. The molecule has 0 radical (unpaired) electrons. The average molecular weight is 233 g/mol. The van der Waals surface area contributed by atoms with Gasteiger partial charge in [0.15, 0.2) is 0 Å². The van der Waals surface area contributed by atoms with E-state index in [1.165, 1.54) is 10.7 Å². The first-order valence-electron chi connectivity index (χ1n) is 4.72. The molecule has 0 aliphatic carbocycles. The number of aliphatic hydroxyl groups is 1. The Morgan fingerprint density at radius 2 is 2.38 bits per heavy atom. The number of carbonyl (C=O) groups is 1. The number of hydrogen-bond acceptors (Lipinski definition) is 3. The molecule has 0 aliphatic rings. The van der Waals surface area contributed by atoms with Crippen molar-refractivity contribution in [3.8, 4) is 0 Å². The number of carbonyl (C=O) groups excluding carboxylic acids is 1. The molecule has 0 atom stereocenters. The van der Waals surface area contributed by atoms with E-state index in [9.17, 15) is 13.6 Å². The largest absolute Gasteiger partial charge is 0.395 e. The summed E-state index contributed by atoms with van der Waals surface area (Å²) in [6, 6.07) is 1.44. The summed E-state index contributed by atoms with van der Waals surface area (Å²) in [7, 11) is 1.63. The number of amides is 1. The summed E-state index contributed by atoms with van der Waals surface area (Å²) in [6.07, 6.45) is -1.08. The lowest BCUT2D eigenvalue weighted by Crippen LogP contribution is -2.37. The van der Waals surface area contributed by atoms with E-state index in [1.54, 1.807) is 13.2 Å². The molecule has 1 aromatic heterocycles. The minimum absolute atomic E-state index is 0.0941. The molecule has 0 fully saturated rings. The van der Waals surface area contributed by atoms with Crippen LogP contribution in [0, 0.1) is 0 Å². The molecule has 1 rings (SSSR count). The number of aliphatic hydroxyl groups excluding tert-OH is 1. The lowest BCUT2D eigenvalue weighted by molar-refractivity contribution is 0.0503. The number of hydrogen-bond donors (Lipinski definition) is 1. The monoisotopic (exact) mass is 233 g/mol. The zero-order chi connectivity index (χ0) is 12.1. The van der Waals surface area contributed by atoms with Crippen LogP contribution in [0.4, 0.5) is 8.78 Å². The molecule has 0 unspecified atom stereocenters. The highest BCUT2D eigenvalue weighted by Gasteiger charge is 2.20. The zero-order valence-electron chi connectivity index (χ0n) is 8.81. The predicted molar refractivity (Wildman–Crippen MR) is 52.2 cm³/mol. The number of halogens is 2.